The topological polar surface area (TPSA) is 34.9 Å². The monoisotopic (exact) mass is 242 g/mol. The number of aryl methyl sites for hydroxylation is 3. The molecule has 0 bridgehead atoms. The molecule has 0 amide bonds. The van der Waals surface area contributed by atoms with E-state index in [2.05, 4.69) is 5.10 Å². The van der Waals surface area contributed by atoms with Crippen LogP contribution in [0, 0.1) is 13.8 Å². The summed E-state index contributed by atoms with van der Waals surface area (Å²) in [7, 11) is 0. The predicted molar refractivity (Wildman–Crippen MR) is 71.9 cm³/mol. The molecule has 1 heterocycles. The first kappa shape index (κ1) is 12.6. The van der Waals surface area contributed by atoms with Gasteiger partial charge >= 0.3 is 0 Å². The molecule has 2 rings (SSSR count). The molecule has 0 saturated carbocycles. The van der Waals surface area contributed by atoms with Gasteiger partial charge in [0, 0.05) is 24.7 Å². The molecular weight excluding hydrogens is 224 g/mol. The van der Waals surface area contributed by atoms with Crippen molar-refractivity contribution in [1.29, 1.82) is 0 Å². The summed E-state index contributed by atoms with van der Waals surface area (Å²) in [6.07, 6.45) is 4.13. The minimum absolute atomic E-state index is 0.168. The molecule has 0 fully saturated rings. The molecule has 2 aromatic rings. The fourth-order valence-electron chi connectivity index (χ4n) is 2.20. The molecule has 0 aliphatic carbocycles. The van der Waals surface area contributed by atoms with Gasteiger partial charge in [0.2, 0.25) is 0 Å². The van der Waals surface area contributed by atoms with Crippen LogP contribution in [0.3, 0.4) is 0 Å². The van der Waals surface area contributed by atoms with Crippen molar-refractivity contribution in [3.8, 4) is 0 Å². The summed E-state index contributed by atoms with van der Waals surface area (Å²) in [6, 6.07) is 5.95. The van der Waals surface area contributed by atoms with Crippen LogP contribution in [0.25, 0.3) is 0 Å². The van der Waals surface area contributed by atoms with Crippen LogP contribution in [-0.4, -0.2) is 15.6 Å². The highest BCUT2D eigenvalue weighted by molar-refractivity contribution is 6.00. The van der Waals surface area contributed by atoms with Crippen LogP contribution in [0.4, 0.5) is 0 Å². The van der Waals surface area contributed by atoms with Crippen molar-refractivity contribution in [3.63, 3.8) is 0 Å². The van der Waals surface area contributed by atoms with Crippen LogP contribution in [0.1, 0.15) is 34.0 Å². The first-order valence-electron chi connectivity index (χ1n) is 6.22. The molecule has 94 valence electrons. The predicted octanol–water partition coefficient (Wildman–Crippen LogP) is 2.95. The van der Waals surface area contributed by atoms with E-state index in [0.717, 1.165) is 28.8 Å². The van der Waals surface area contributed by atoms with Crippen LogP contribution >= 0.6 is 0 Å². The highest BCUT2D eigenvalue weighted by atomic mass is 16.1. The number of hydrogen-bond acceptors (Lipinski definition) is 2. The van der Waals surface area contributed by atoms with E-state index >= 15 is 0 Å². The number of hydrogen-bond donors (Lipinski definition) is 0. The third-order valence-corrected chi connectivity index (χ3v) is 3.14. The molecule has 3 nitrogen and oxygen atoms in total. The number of aromatic nitrogens is 2. The number of Topliss-reactive ketones (excluding diaryl/α,β-unsaturated/α-hetero) is 1. The Balaban J connectivity index is 2.22. The maximum absolute atomic E-state index is 12.3. The Bertz CT molecular complexity index is 549. The zero-order valence-electron chi connectivity index (χ0n) is 11.1. The van der Waals surface area contributed by atoms with E-state index in [0.29, 0.717) is 6.42 Å². The van der Waals surface area contributed by atoms with Crippen molar-refractivity contribution in [1.82, 2.24) is 9.78 Å². The molecule has 0 unspecified atom stereocenters. The third-order valence-electron chi connectivity index (χ3n) is 3.14. The van der Waals surface area contributed by atoms with Crippen LogP contribution < -0.4 is 0 Å². The van der Waals surface area contributed by atoms with Crippen molar-refractivity contribution in [3.05, 3.63) is 52.8 Å². The smallest absolute Gasteiger partial charge is 0.167 e. The van der Waals surface area contributed by atoms with Crippen LogP contribution in [0.5, 0.6) is 0 Å². The molecule has 0 aliphatic heterocycles. The van der Waals surface area contributed by atoms with Gasteiger partial charge in [-0.2, -0.15) is 5.10 Å². The molecular formula is C15H18N2O. The van der Waals surface area contributed by atoms with Gasteiger partial charge < -0.3 is 0 Å². The van der Waals surface area contributed by atoms with Crippen molar-refractivity contribution in [2.75, 3.05) is 0 Å². The van der Waals surface area contributed by atoms with Crippen LogP contribution in [0.15, 0.2) is 30.6 Å². The standard InChI is InChI=1S/C15H18N2O/c1-4-17-10-13(9-16-17)8-14(18)15-11(2)6-5-7-12(15)3/h5-7,9-10H,4,8H2,1-3H3. The number of carbonyl (C=O) groups is 1. The third kappa shape index (κ3) is 2.50. The molecule has 0 spiro atoms. The summed E-state index contributed by atoms with van der Waals surface area (Å²) in [6.45, 7) is 6.83. The van der Waals surface area contributed by atoms with Gasteiger partial charge in [0.1, 0.15) is 0 Å². The molecule has 18 heavy (non-hydrogen) atoms. The first-order chi connectivity index (χ1) is 8.61. The Hall–Kier alpha value is -1.90. The number of nitrogens with zero attached hydrogens (tertiary/aromatic N) is 2. The minimum Gasteiger partial charge on any atom is -0.294 e. The van der Waals surface area contributed by atoms with E-state index in [1.165, 1.54) is 0 Å². The lowest BCUT2D eigenvalue weighted by molar-refractivity contribution is 0.0992. The first-order valence-corrected chi connectivity index (χ1v) is 6.22. The second-order valence-corrected chi connectivity index (χ2v) is 4.57. The normalized spacial score (nSPS) is 10.6. The summed E-state index contributed by atoms with van der Waals surface area (Å²) in [4.78, 5) is 12.3. The van der Waals surface area contributed by atoms with Gasteiger partial charge in [-0.25, -0.2) is 0 Å². The van der Waals surface area contributed by atoms with E-state index in [4.69, 9.17) is 0 Å². The van der Waals surface area contributed by atoms with E-state index in [9.17, 15) is 4.79 Å². The van der Waals surface area contributed by atoms with Gasteiger partial charge in [-0.3, -0.25) is 9.48 Å². The van der Waals surface area contributed by atoms with E-state index in [-0.39, 0.29) is 5.78 Å². The average molecular weight is 242 g/mol. The van der Waals surface area contributed by atoms with Crippen molar-refractivity contribution in [2.24, 2.45) is 0 Å². The van der Waals surface area contributed by atoms with Gasteiger partial charge in [-0.1, -0.05) is 18.2 Å². The largest absolute Gasteiger partial charge is 0.294 e. The Kier molecular flexibility index (Phi) is 3.60. The molecule has 3 heteroatoms. The highest BCUT2D eigenvalue weighted by Crippen LogP contribution is 2.16. The Morgan fingerprint density at radius 1 is 1.28 bits per heavy atom. The molecule has 0 aliphatic rings. The Morgan fingerprint density at radius 3 is 2.50 bits per heavy atom. The zero-order valence-corrected chi connectivity index (χ0v) is 11.1. The summed E-state index contributed by atoms with van der Waals surface area (Å²) in [5, 5.41) is 4.19. The number of carbonyl (C=O) groups excluding carboxylic acids is 1. The highest BCUT2D eigenvalue weighted by Gasteiger charge is 2.13. The van der Waals surface area contributed by atoms with E-state index < -0.39 is 0 Å². The quantitative estimate of drug-likeness (QED) is 0.773. The summed E-state index contributed by atoms with van der Waals surface area (Å²) in [5.74, 6) is 0.168. The molecule has 0 atom stereocenters. The fraction of sp³-hybridized carbons (Fsp3) is 0.333. The van der Waals surface area contributed by atoms with E-state index in [1.54, 1.807) is 6.20 Å². The lowest BCUT2D eigenvalue weighted by Gasteiger charge is -2.07. The molecule has 0 radical (unpaired) electrons. The van der Waals surface area contributed by atoms with Gasteiger partial charge in [-0.15, -0.1) is 0 Å². The second kappa shape index (κ2) is 5.17. The van der Waals surface area contributed by atoms with Crippen molar-refractivity contribution >= 4 is 5.78 Å². The Labute approximate surface area is 107 Å². The van der Waals surface area contributed by atoms with Gasteiger partial charge in [-0.05, 0) is 37.5 Å². The SMILES string of the molecule is CCn1cc(CC(=O)c2c(C)cccc2C)cn1. The second-order valence-electron chi connectivity index (χ2n) is 4.57. The number of benzene rings is 1. The number of ketones is 1. The Morgan fingerprint density at radius 2 is 1.94 bits per heavy atom. The fourth-order valence-corrected chi connectivity index (χ4v) is 2.20. The maximum atomic E-state index is 12.3. The number of rotatable bonds is 4. The molecule has 0 saturated heterocycles. The maximum Gasteiger partial charge on any atom is 0.167 e. The van der Waals surface area contributed by atoms with Crippen LogP contribution in [-0.2, 0) is 13.0 Å². The van der Waals surface area contributed by atoms with Gasteiger partial charge in [0.25, 0.3) is 0 Å². The van der Waals surface area contributed by atoms with Gasteiger partial charge in [0.05, 0.1) is 6.20 Å². The lowest BCUT2D eigenvalue weighted by atomic mass is 9.96. The molecule has 1 aromatic carbocycles. The molecule has 1 aromatic heterocycles. The summed E-state index contributed by atoms with van der Waals surface area (Å²) in [5.41, 5.74) is 3.91. The van der Waals surface area contributed by atoms with Crippen LogP contribution in [0.2, 0.25) is 0 Å². The van der Waals surface area contributed by atoms with Crippen molar-refractivity contribution < 1.29 is 4.79 Å². The summed E-state index contributed by atoms with van der Waals surface area (Å²) >= 11 is 0. The minimum atomic E-state index is 0.168. The van der Waals surface area contributed by atoms with Crippen molar-refractivity contribution in [2.45, 2.75) is 33.7 Å². The lowest BCUT2D eigenvalue weighted by Crippen LogP contribution is -2.07. The summed E-state index contributed by atoms with van der Waals surface area (Å²) < 4.78 is 1.84. The van der Waals surface area contributed by atoms with Gasteiger partial charge in [0.15, 0.2) is 5.78 Å². The zero-order chi connectivity index (χ0) is 13.1. The van der Waals surface area contributed by atoms with E-state index in [1.807, 2.05) is 49.8 Å². The average Bonchev–Trinajstić information content (AvgIpc) is 2.76. The molecule has 0 N–H and O–H groups in total.